The molecule has 9 nitrogen and oxygen atoms in total. The molecule has 0 spiro atoms. The topological polar surface area (TPSA) is 150 Å². The SMILES string of the molecule is O=C=O.[11CH3]SCCCNC(=O)N[C@@H](CCC(=O)O)C(=O)O.[HH].[HH]. The second-order valence-electron chi connectivity index (χ2n) is 3.65. The minimum atomic E-state index is -1.24. The lowest BCUT2D eigenvalue weighted by Crippen LogP contribution is -2.46. The number of carboxylic acid groups (broad SMARTS) is 2. The van der Waals surface area contributed by atoms with E-state index in [0.29, 0.717) is 6.54 Å². The normalized spacial score (nSPS) is 10.3. The van der Waals surface area contributed by atoms with Crippen molar-refractivity contribution in [2.45, 2.75) is 25.3 Å². The van der Waals surface area contributed by atoms with Gasteiger partial charge in [-0.1, -0.05) is 0 Å². The van der Waals surface area contributed by atoms with Gasteiger partial charge >= 0.3 is 24.1 Å². The van der Waals surface area contributed by atoms with E-state index in [9.17, 15) is 14.4 Å². The summed E-state index contributed by atoms with van der Waals surface area (Å²) in [6.07, 6.45) is 2.56. The quantitative estimate of drug-likeness (QED) is 0.441. The lowest BCUT2D eigenvalue weighted by atomic mass is 10.1. The van der Waals surface area contributed by atoms with Gasteiger partial charge in [-0.05, 0) is 24.9 Å². The van der Waals surface area contributed by atoms with Crippen LogP contribution >= 0.6 is 11.8 Å². The molecule has 0 aromatic carbocycles. The summed E-state index contributed by atoms with van der Waals surface area (Å²) in [7, 11) is 0. The molecule has 10 heteroatoms. The molecule has 0 aliphatic rings. The van der Waals surface area contributed by atoms with Crippen molar-refractivity contribution < 1.29 is 37.0 Å². The van der Waals surface area contributed by atoms with E-state index >= 15 is 0 Å². The summed E-state index contributed by atoms with van der Waals surface area (Å²) in [6, 6.07) is -1.77. The van der Waals surface area contributed by atoms with Gasteiger partial charge in [0.1, 0.15) is 6.04 Å². The van der Waals surface area contributed by atoms with Gasteiger partial charge in [0.05, 0.1) is 0 Å². The predicted octanol–water partition coefficient (Wildman–Crippen LogP) is 0.265. The summed E-state index contributed by atoms with van der Waals surface area (Å²) >= 11 is 1.65. The van der Waals surface area contributed by atoms with E-state index < -0.39 is 24.0 Å². The zero-order chi connectivity index (χ0) is 16.7. The molecule has 0 bridgehead atoms. The molecule has 21 heavy (non-hydrogen) atoms. The third-order valence-electron chi connectivity index (χ3n) is 2.06. The number of carbonyl (C=O) groups is 3. The number of carboxylic acids is 2. The van der Waals surface area contributed by atoms with Crippen molar-refractivity contribution in [1.82, 2.24) is 10.6 Å². The maximum atomic E-state index is 11.3. The van der Waals surface area contributed by atoms with Crippen LogP contribution in [0.5, 0.6) is 0 Å². The summed E-state index contributed by atoms with van der Waals surface area (Å²) in [5, 5.41) is 22.0. The minimum absolute atomic E-state index is 0. The maximum Gasteiger partial charge on any atom is 0.373 e. The fourth-order valence-corrected chi connectivity index (χ4v) is 1.59. The summed E-state index contributed by atoms with van der Waals surface area (Å²) in [5.74, 6) is -1.43. The molecule has 2 amide bonds. The van der Waals surface area contributed by atoms with Crippen LogP contribution in [0, 0.1) is 0 Å². The predicted molar refractivity (Wildman–Crippen MR) is 77.1 cm³/mol. The Hall–Kier alpha value is -2.06. The smallest absolute Gasteiger partial charge is 0.373 e. The Bertz CT molecular complexity index is 379. The molecule has 1 atom stereocenters. The maximum absolute atomic E-state index is 11.3. The number of nitrogens with one attached hydrogen (secondary N) is 2. The molecule has 0 rings (SSSR count). The molecule has 0 aromatic rings. The number of rotatable bonds is 9. The van der Waals surface area contributed by atoms with E-state index in [0.717, 1.165) is 12.2 Å². The highest BCUT2D eigenvalue weighted by Gasteiger charge is 2.20. The number of aliphatic carboxylic acids is 2. The second kappa shape index (κ2) is 14.4. The van der Waals surface area contributed by atoms with E-state index in [1.807, 2.05) is 6.26 Å². The van der Waals surface area contributed by atoms with Crippen LogP contribution in [0.4, 0.5) is 4.79 Å². The molecule has 0 heterocycles. The van der Waals surface area contributed by atoms with Crippen LogP contribution in [0.3, 0.4) is 0 Å². The highest BCUT2D eigenvalue weighted by Crippen LogP contribution is 1.98. The Morgan fingerprint density at radius 2 is 1.86 bits per heavy atom. The molecule has 0 aliphatic carbocycles. The molecule has 0 fully saturated rings. The molecule has 0 unspecified atom stereocenters. The number of thioether (sulfide) groups is 1. The highest BCUT2D eigenvalue weighted by molar-refractivity contribution is 7.98. The molecule has 0 saturated heterocycles. The summed E-state index contributed by atoms with van der Waals surface area (Å²) in [6.45, 7) is 0.456. The van der Waals surface area contributed by atoms with Crippen LogP contribution in [0.25, 0.3) is 0 Å². The van der Waals surface area contributed by atoms with Crippen molar-refractivity contribution in [3.63, 3.8) is 0 Å². The first kappa shape index (κ1) is 21.2. The highest BCUT2D eigenvalue weighted by atomic mass is 32.2. The molecule has 124 valence electrons. The largest absolute Gasteiger partial charge is 0.481 e. The van der Waals surface area contributed by atoms with Gasteiger partial charge in [-0.15, -0.1) is 0 Å². The van der Waals surface area contributed by atoms with E-state index in [2.05, 4.69) is 10.6 Å². The Kier molecular flexibility index (Phi) is 14.5. The van der Waals surface area contributed by atoms with Gasteiger partial charge < -0.3 is 20.8 Å². The van der Waals surface area contributed by atoms with Crippen molar-refractivity contribution in [2.75, 3.05) is 18.6 Å². The van der Waals surface area contributed by atoms with E-state index in [1.165, 1.54) is 0 Å². The molecule has 0 radical (unpaired) electrons. The van der Waals surface area contributed by atoms with Crippen molar-refractivity contribution in [1.29, 1.82) is 0 Å². The van der Waals surface area contributed by atoms with E-state index in [1.54, 1.807) is 11.8 Å². The number of hydrogen-bond acceptors (Lipinski definition) is 6. The third-order valence-corrected chi connectivity index (χ3v) is 2.76. The average molecular weight is 325 g/mol. The van der Waals surface area contributed by atoms with Gasteiger partial charge in [0, 0.05) is 15.8 Å². The molecular formula is C11H22N2O7S. The number of urea groups is 1. The molecule has 0 saturated carbocycles. The Labute approximate surface area is 128 Å². The summed E-state index contributed by atoms with van der Waals surface area (Å²) in [5.41, 5.74) is 0. The van der Waals surface area contributed by atoms with Gasteiger partial charge in [0.15, 0.2) is 0 Å². The third kappa shape index (κ3) is 15.9. The molecular weight excluding hydrogens is 303 g/mol. The first-order valence-electron chi connectivity index (χ1n) is 5.86. The Morgan fingerprint density at radius 1 is 1.29 bits per heavy atom. The fraction of sp³-hybridized carbons (Fsp3) is 0.636. The van der Waals surface area contributed by atoms with Crippen molar-refractivity contribution in [3.8, 4) is 0 Å². The van der Waals surface area contributed by atoms with Gasteiger partial charge in [-0.3, -0.25) is 4.79 Å². The van der Waals surface area contributed by atoms with Gasteiger partial charge in [0.2, 0.25) is 0 Å². The Morgan fingerprint density at radius 3 is 2.29 bits per heavy atom. The van der Waals surface area contributed by atoms with Crippen LogP contribution in [0.15, 0.2) is 0 Å². The summed E-state index contributed by atoms with van der Waals surface area (Å²) in [4.78, 5) is 48.7. The summed E-state index contributed by atoms with van der Waals surface area (Å²) < 4.78 is 0. The van der Waals surface area contributed by atoms with Crippen molar-refractivity contribution in [3.05, 3.63) is 0 Å². The van der Waals surface area contributed by atoms with Gasteiger partial charge in [-0.2, -0.15) is 21.4 Å². The van der Waals surface area contributed by atoms with Gasteiger partial charge in [-0.25, -0.2) is 9.59 Å². The second-order valence-corrected chi connectivity index (χ2v) is 4.64. The molecule has 0 aromatic heterocycles. The van der Waals surface area contributed by atoms with E-state index in [4.69, 9.17) is 19.8 Å². The Balaban J connectivity index is -0.000000332. The monoisotopic (exact) mass is 325 g/mol. The molecule has 0 aliphatic heterocycles. The zero-order valence-electron chi connectivity index (χ0n) is 11.5. The van der Waals surface area contributed by atoms with Crippen molar-refractivity contribution >= 4 is 35.9 Å². The molecule has 4 N–H and O–H groups in total. The van der Waals surface area contributed by atoms with Gasteiger partial charge in [0.25, 0.3) is 0 Å². The van der Waals surface area contributed by atoms with Crippen LogP contribution < -0.4 is 10.6 Å². The fourth-order valence-electron chi connectivity index (χ4n) is 1.15. The van der Waals surface area contributed by atoms with Crippen LogP contribution in [0.1, 0.15) is 22.1 Å². The van der Waals surface area contributed by atoms with Crippen LogP contribution in [0.2, 0.25) is 0 Å². The lowest BCUT2D eigenvalue weighted by molar-refractivity contribution is -0.191. The minimum Gasteiger partial charge on any atom is -0.481 e. The lowest BCUT2D eigenvalue weighted by Gasteiger charge is -2.14. The number of carbonyl (C=O) groups excluding carboxylic acids is 3. The zero-order valence-corrected chi connectivity index (χ0v) is 12.3. The van der Waals surface area contributed by atoms with E-state index in [-0.39, 0.29) is 21.8 Å². The average Bonchev–Trinajstić information content (AvgIpc) is 2.40. The van der Waals surface area contributed by atoms with Crippen LogP contribution in [-0.2, 0) is 19.2 Å². The first-order valence-corrected chi connectivity index (χ1v) is 7.25. The van der Waals surface area contributed by atoms with Crippen molar-refractivity contribution in [2.24, 2.45) is 0 Å². The number of amides is 2. The first-order chi connectivity index (χ1) is 9.88. The van der Waals surface area contributed by atoms with Crippen LogP contribution in [-0.4, -0.2) is 58.9 Å². The number of hydrogen-bond donors (Lipinski definition) is 4. The standard InChI is InChI=1S/C10H18N2O5S.CO2.2H2/c1-18-6-2-5-11-10(17)12-7(9(15)16)3-4-8(13)14;2-1-3;;/h7H,2-6H2,1H3,(H,13,14)(H,15,16)(H2,11,12,17);;2*1H/t7-;;;/m0.../s1/i1-1;;;.